The molecule has 0 aromatic heterocycles. The Morgan fingerprint density at radius 2 is 1.95 bits per heavy atom. The second kappa shape index (κ2) is 6.47. The number of hydrogen-bond acceptors (Lipinski definition) is 2. The van der Waals surface area contributed by atoms with Gasteiger partial charge >= 0.3 is 6.18 Å². The highest BCUT2D eigenvalue weighted by atomic mass is 19.4. The maximum Gasteiger partial charge on any atom is 0.416 e. The zero-order valence-electron chi connectivity index (χ0n) is 11.8. The second-order valence-corrected chi connectivity index (χ2v) is 5.55. The number of rotatable bonds is 5. The van der Waals surface area contributed by atoms with E-state index in [-0.39, 0.29) is 18.2 Å². The van der Waals surface area contributed by atoms with E-state index in [1.165, 1.54) is 12.1 Å². The maximum absolute atomic E-state index is 12.5. The summed E-state index contributed by atoms with van der Waals surface area (Å²) >= 11 is 0. The predicted octanol–water partition coefficient (Wildman–Crippen LogP) is 2.53. The number of alkyl halides is 3. The molecule has 6 heteroatoms. The van der Waals surface area contributed by atoms with Crippen LogP contribution in [0.1, 0.15) is 30.4 Å². The number of hydrogen-bond donors (Lipinski definition) is 2. The first-order valence-electron chi connectivity index (χ1n) is 7.01. The van der Waals surface area contributed by atoms with Gasteiger partial charge in [0.15, 0.2) is 0 Å². The van der Waals surface area contributed by atoms with Crippen molar-refractivity contribution in [2.75, 3.05) is 19.6 Å². The summed E-state index contributed by atoms with van der Waals surface area (Å²) in [5.41, 5.74) is 0.0730. The minimum absolute atomic E-state index is 0.0608. The highest BCUT2D eigenvalue weighted by molar-refractivity contribution is 5.76. The zero-order valence-corrected chi connectivity index (χ0v) is 11.8. The Kier molecular flexibility index (Phi) is 4.88. The fraction of sp³-hybridized carbons (Fsp3) is 0.533. The lowest BCUT2D eigenvalue weighted by atomic mass is 9.96. The normalized spacial score (nSPS) is 17.1. The van der Waals surface area contributed by atoms with Crippen LogP contribution in [0.4, 0.5) is 13.2 Å². The third kappa shape index (κ3) is 4.46. The average molecular weight is 300 g/mol. The van der Waals surface area contributed by atoms with Crippen LogP contribution >= 0.6 is 0 Å². The lowest BCUT2D eigenvalue weighted by Gasteiger charge is -2.27. The number of benzene rings is 1. The quantitative estimate of drug-likeness (QED) is 0.877. The maximum atomic E-state index is 12.5. The van der Waals surface area contributed by atoms with E-state index in [9.17, 15) is 18.0 Å². The van der Waals surface area contributed by atoms with Gasteiger partial charge < -0.3 is 10.6 Å². The van der Waals surface area contributed by atoms with Crippen molar-refractivity contribution in [3.8, 4) is 0 Å². The first-order chi connectivity index (χ1) is 9.86. The van der Waals surface area contributed by atoms with Gasteiger partial charge in [-0.3, -0.25) is 4.79 Å². The third-order valence-corrected chi connectivity index (χ3v) is 3.75. The van der Waals surface area contributed by atoms with Crippen molar-refractivity contribution in [2.45, 2.75) is 25.4 Å². The first-order valence-corrected chi connectivity index (χ1v) is 7.01. The molecule has 0 radical (unpaired) electrons. The van der Waals surface area contributed by atoms with Crippen molar-refractivity contribution in [3.05, 3.63) is 35.4 Å². The van der Waals surface area contributed by atoms with E-state index in [1.807, 2.05) is 6.92 Å². The third-order valence-electron chi connectivity index (χ3n) is 3.75. The van der Waals surface area contributed by atoms with Crippen LogP contribution < -0.4 is 10.6 Å². The summed E-state index contributed by atoms with van der Waals surface area (Å²) in [5.74, 6) is 0.330. The van der Waals surface area contributed by atoms with Gasteiger partial charge in [0.05, 0.1) is 5.56 Å². The molecule has 1 unspecified atom stereocenters. The summed E-state index contributed by atoms with van der Waals surface area (Å²) in [7, 11) is 0. The van der Waals surface area contributed by atoms with Gasteiger partial charge in [0.1, 0.15) is 0 Å². The molecule has 1 saturated heterocycles. The van der Waals surface area contributed by atoms with Gasteiger partial charge in [-0.1, -0.05) is 19.1 Å². The molecular weight excluding hydrogens is 281 g/mol. The Morgan fingerprint density at radius 3 is 2.43 bits per heavy atom. The fourth-order valence-corrected chi connectivity index (χ4v) is 2.22. The SMILES string of the molecule is CC(CC(=O)NCC1CNC1)c1ccc(C(F)(F)F)cc1. The van der Waals surface area contributed by atoms with Gasteiger partial charge in [-0.15, -0.1) is 0 Å². The Balaban J connectivity index is 1.84. The molecule has 21 heavy (non-hydrogen) atoms. The molecule has 0 saturated carbocycles. The molecule has 0 aliphatic carbocycles. The Bertz CT molecular complexity index is 481. The molecule has 1 aliphatic rings. The monoisotopic (exact) mass is 300 g/mol. The molecule has 2 N–H and O–H groups in total. The molecule has 1 aliphatic heterocycles. The van der Waals surface area contributed by atoms with Crippen LogP contribution in [0.3, 0.4) is 0 Å². The van der Waals surface area contributed by atoms with Crippen molar-refractivity contribution < 1.29 is 18.0 Å². The van der Waals surface area contributed by atoms with E-state index in [4.69, 9.17) is 0 Å². The molecule has 1 amide bonds. The van der Waals surface area contributed by atoms with Crippen LogP contribution in [0.25, 0.3) is 0 Å². The lowest BCUT2D eigenvalue weighted by Crippen LogP contribution is -2.48. The van der Waals surface area contributed by atoms with Gasteiger partial charge in [-0.2, -0.15) is 13.2 Å². The fourth-order valence-electron chi connectivity index (χ4n) is 2.22. The standard InChI is InChI=1S/C15H19F3N2O/c1-10(6-14(21)20-9-11-7-19-8-11)12-2-4-13(5-3-12)15(16,17)18/h2-5,10-11,19H,6-9H2,1H3,(H,20,21). The van der Waals surface area contributed by atoms with E-state index < -0.39 is 11.7 Å². The molecule has 0 bridgehead atoms. The Hall–Kier alpha value is -1.56. The zero-order chi connectivity index (χ0) is 15.5. The van der Waals surface area contributed by atoms with Gasteiger partial charge in [0.2, 0.25) is 5.91 Å². The number of carbonyl (C=O) groups is 1. The molecule has 1 fully saturated rings. The van der Waals surface area contributed by atoms with Crippen molar-refractivity contribution in [3.63, 3.8) is 0 Å². The number of halogens is 3. The summed E-state index contributed by atoms with van der Waals surface area (Å²) in [5, 5.41) is 5.99. The minimum Gasteiger partial charge on any atom is -0.356 e. The number of amides is 1. The van der Waals surface area contributed by atoms with Crippen molar-refractivity contribution in [1.29, 1.82) is 0 Å². The smallest absolute Gasteiger partial charge is 0.356 e. The van der Waals surface area contributed by atoms with E-state index in [2.05, 4.69) is 10.6 Å². The highest BCUT2D eigenvalue weighted by Crippen LogP contribution is 2.30. The minimum atomic E-state index is -4.32. The van der Waals surface area contributed by atoms with E-state index in [0.717, 1.165) is 30.8 Å². The van der Waals surface area contributed by atoms with E-state index >= 15 is 0 Å². The topological polar surface area (TPSA) is 41.1 Å². The summed E-state index contributed by atoms with van der Waals surface area (Å²) in [6.07, 6.45) is -4.04. The summed E-state index contributed by atoms with van der Waals surface area (Å²) in [4.78, 5) is 11.8. The van der Waals surface area contributed by atoms with Crippen LogP contribution in [0.5, 0.6) is 0 Å². The van der Waals surface area contributed by atoms with Crippen LogP contribution in [0, 0.1) is 5.92 Å². The number of nitrogens with one attached hydrogen (secondary N) is 2. The summed E-state index contributed by atoms with van der Waals surface area (Å²) in [6, 6.07) is 5.00. The molecule has 0 spiro atoms. The van der Waals surface area contributed by atoms with Crippen molar-refractivity contribution >= 4 is 5.91 Å². The van der Waals surface area contributed by atoms with Gasteiger partial charge in [-0.05, 0) is 23.6 Å². The van der Waals surface area contributed by atoms with Crippen LogP contribution in [0.2, 0.25) is 0 Å². The molecule has 1 aromatic carbocycles. The second-order valence-electron chi connectivity index (χ2n) is 5.55. The predicted molar refractivity (Wildman–Crippen MR) is 73.8 cm³/mol. The molecule has 2 rings (SSSR count). The summed E-state index contributed by atoms with van der Waals surface area (Å²) < 4.78 is 37.4. The summed E-state index contributed by atoms with van der Waals surface area (Å²) in [6.45, 7) is 4.35. The van der Waals surface area contributed by atoms with Gasteiger partial charge in [0.25, 0.3) is 0 Å². The van der Waals surface area contributed by atoms with Crippen LogP contribution in [0.15, 0.2) is 24.3 Å². The Labute approximate surface area is 121 Å². The van der Waals surface area contributed by atoms with E-state index in [1.54, 1.807) is 0 Å². The number of carbonyl (C=O) groups excluding carboxylic acids is 1. The molecule has 3 nitrogen and oxygen atoms in total. The highest BCUT2D eigenvalue weighted by Gasteiger charge is 2.30. The largest absolute Gasteiger partial charge is 0.416 e. The van der Waals surface area contributed by atoms with Gasteiger partial charge in [0, 0.05) is 32.0 Å². The Morgan fingerprint density at radius 1 is 1.33 bits per heavy atom. The van der Waals surface area contributed by atoms with Crippen LogP contribution in [-0.4, -0.2) is 25.5 Å². The van der Waals surface area contributed by atoms with Gasteiger partial charge in [-0.25, -0.2) is 0 Å². The first kappa shape index (κ1) is 15.8. The van der Waals surface area contributed by atoms with Crippen molar-refractivity contribution in [1.82, 2.24) is 10.6 Å². The molecule has 116 valence electrons. The van der Waals surface area contributed by atoms with E-state index in [0.29, 0.717) is 12.5 Å². The van der Waals surface area contributed by atoms with Crippen molar-refractivity contribution in [2.24, 2.45) is 5.92 Å². The molecule has 1 atom stereocenters. The molecular formula is C15H19F3N2O. The average Bonchev–Trinajstić information content (AvgIpc) is 2.36. The molecule has 1 heterocycles. The van der Waals surface area contributed by atoms with Crippen LogP contribution in [-0.2, 0) is 11.0 Å². The lowest BCUT2D eigenvalue weighted by molar-refractivity contribution is -0.137. The molecule has 1 aromatic rings.